The van der Waals surface area contributed by atoms with Gasteiger partial charge in [-0.1, -0.05) is 6.92 Å². The zero-order chi connectivity index (χ0) is 11.8. The van der Waals surface area contributed by atoms with Crippen LogP contribution in [0.3, 0.4) is 0 Å². The van der Waals surface area contributed by atoms with Gasteiger partial charge >= 0.3 is 0 Å². The topological polar surface area (TPSA) is 58.4 Å². The first-order chi connectivity index (χ1) is 7.76. The summed E-state index contributed by atoms with van der Waals surface area (Å²) in [5.74, 6) is 0.758. The number of hydrogen-bond donors (Lipinski definition) is 2. The minimum absolute atomic E-state index is 0. The lowest BCUT2D eigenvalue weighted by molar-refractivity contribution is -0.121. The molecule has 0 saturated carbocycles. The monoisotopic (exact) mass is 299 g/mol. The molecule has 0 aromatic rings. The molecule has 0 radical (unpaired) electrons. The van der Waals surface area contributed by atoms with Crippen LogP contribution in [0.25, 0.3) is 0 Å². The normalized spacial score (nSPS) is 16.6. The van der Waals surface area contributed by atoms with Gasteiger partial charge in [0, 0.05) is 19.5 Å². The van der Waals surface area contributed by atoms with Crippen molar-refractivity contribution < 1.29 is 4.79 Å². The van der Waals surface area contributed by atoms with E-state index in [1.54, 1.807) is 0 Å². The average Bonchev–Trinajstić information content (AvgIpc) is 2.29. The van der Waals surface area contributed by atoms with Gasteiger partial charge in [-0.15, -0.1) is 24.8 Å². The standard InChI is InChI=1S/C12H25N3O.2ClH/c1-2-7-15-8-4-11(5-9-15)10-14-12(16)3-6-13;;/h11H,2-10,13H2,1H3,(H,14,16);2*1H. The van der Waals surface area contributed by atoms with Crippen LogP contribution < -0.4 is 11.1 Å². The van der Waals surface area contributed by atoms with Gasteiger partial charge < -0.3 is 16.0 Å². The van der Waals surface area contributed by atoms with E-state index in [1.807, 2.05) is 0 Å². The third-order valence-electron chi connectivity index (χ3n) is 3.21. The molecule has 1 saturated heterocycles. The van der Waals surface area contributed by atoms with E-state index < -0.39 is 0 Å². The highest BCUT2D eigenvalue weighted by molar-refractivity contribution is 5.85. The molecule has 0 bridgehead atoms. The Morgan fingerprint density at radius 1 is 1.33 bits per heavy atom. The third-order valence-corrected chi connectivity index (χ3v) is 3.21. The van der Waals surface area contributed by atoms with Crippen LogP contribution >= 0.6 is 24.8 Å². The smallest absolute Gasteiger partial charge is 0.221 e. The fourth-order valence-corrected chi connectivity index (χ4v) is 2.21. The van der Waals surface area contributed by atoms with Gasteiger partial charge in [-0.05, 0) is 44.8 Å². The first-order valence-corrected chi connectivity index (χ1v) is 6.45. The zero-order valence-corrected chi connectivity index (χ0v) is 12.8. The molecule has 18 heavy (non-hydrogen) atoms. The van der Waals surface area contributed by atoms with Crippen LogP contribution in [0.5, 0.6) is 0 Å². The van der Waals surface area contributed by atoms with Crippen LogP contribution in [0.1, 0.15) is 32.6 Å². The van der Waals surface area contributed by atoms with Gasteiger partial charge in [0.25, 0.3) is 0 Å². The predicted octanol–water partition coefficient (Wildman–Crippen LogP) is 1.42. The summed E-state index contributed by atoms with van der Waals surface area (Å²) in [5, 5.41) is 2.96. The average molecular weight is 300 g/mol. The summed E-state index contributed by atoms with van der Waals surface area (Å²) in [5.41, 5.74) is 5.32. The van der Waals surface area contributed by atoms with Crippen LogP contribution in [0.15, 0.2) is 0 Å². The van der Waals surface area contributed by atoms with Gasteiger partial charge in [-0.25, -0.2) is 0 Å². The maximum atomic E-state index is 11.3. The first kappa shape index (κ1) is 20.3. The molecule has 0 aromatic carbocycles. The van der Waals surface area contributed by atoms with Gasteiger partial charge in [0.2, 0.25) is 5.91 Å². The molecule has 0 unspecified atom stereocenters. The minimum Gasteiger partial charge on any atom is -0.356 e. The van der Waals surface area contributed by atoms with E-state index >= 15 is 0 Å². The zero-order valence-electron chi connectivity index (χ0n) is 11.2. The van der Waals surface area contributed by atoms with Gasteiger partial charge in [-0.2, -0.15) is 0 Å². The van der Waals surface area contributed by atoms with Crippen LogP contribution in [0, 0.1) is 5.92 Å². The van der Waals surface area contributed by atoms with Crippen molar-refractivity contribution >= 4 is 30.7 Å². The predicted molar refractivity (Wildman–Crippen MR) is 80.6 cm³/mol. The molecule has 1 amide bonds. The van der Waals surface area contributed by atoms with E-state index in [-0.39, 0.29) is 30.7 Å². The molecule has 0 aromatic heterocycles. The molecule has 1 aliphatic heterocycles. The Hall–Kier alpha value is -0.0300. The molecule has 0 atom stereocenters. The van der Waals surface area contributed by atoms with Crippen molar-refractivity contribution in [1.29, 1.82) is 0 Å². The second-order valence-electron chi connectivity index (χ2n) is 4.63. The number of nitrogens with one attached hydrogen (secondary N) is 1. The Morgan fingerprint density at radius 3 is 2.44 bits per heavy atom. The van der Waals surface area contributed by atoms with E-state index in [4.69, 9.17) is 5.73 Å². The Bertz CT molecular complexity index is 209. The highest BCUT2D eigenvalue weighted by Gasteiger charge is 2.18. The van der Waals surface area contributed by atoms with Crippen LogP contribution in [0.2, 0.25) is 0 Å². The maximum Gasteiger partial charge on any atom is 0.221 e. The third kappa shape index (κ3) is 8.14. The molecule has 3 N–H and O–H groups in total. The molecule has 1 heterocycles. The summed E-state index contributed by atoms with van der Waals surface area (Å²) in [7, 11) is 0. The van der Waals surface area contributed by atoms with E-state index in [9.17, 15) is 4.79 Å². The molecule has 0 spiro atoms. The number of hydrogen-bond acceptors (Lipinski definition) is 3. The van der Waals surface area contributed by atoms with E-state index in [2.05, 4.69) is 17.1 Å². The summed E-state index contributed by atoms with van der Waals surface area (Å²) >= 11 is 0. The van der Waals surface area contributed by atoms with E-state index in [0.29, 0.717) is 18.9 Å². The molecule has 1 rings (SSSR count). The second-order valence-corrected chi connectivity index (χ2v) is 4.63. The molecule has 4 nitrogen and oxygen atoms in total. The largest absolute Gasteiger partial charge is 0.356 e. The molecule has 1 fully saturated rings. The summed E-state index contributed by atoms with van der Waals surface area (Å²) in [4.78, 5) is 13.8. The first-order valence-electron chi connectivity index (χ1n) is 6.45. The number of rotatable bonds is 6. The van der Waals surface area contributed by atoms with E-state index in [0.717, 1.165) is 6.54 Å². The second kappa shape index (κ2) is 12.0. The van der Waals surface area contributed by atoms with E-state index in [1.165, 1.54) is 38.9 Å². The minimum atomic E-state index is 0. The van der Waals surface area contributed by atoms with Crippen molar-refractivity contribution in [1.82, 2.24) is 10.2 Å². The number of amides is 1. The fraction of sp³-hybridized carbons (Fsp3) is 0.917. The molecule has 1 aliphatic rings. The summed E-state index contributed by atoms with van der Waals surface area (Å²) in [6, 6.07) is 0. The Labute approximate surface area is 123 Å². The van der Waals surface area contributed by atoms with Crippen molar-refractivity contribution in [3.05, 3.63) is 0 Å². The lowest BCUT2D eigenvalue weighted by Gasteiger charge is -2.31. The maximum absolute atomic E-state index is 11.3. The molecular formula is C12H27Cl2N3O. The number of nitrogens with two attached hydrogens (primary N) is 1. The molecule has 110 valence electrons. The number of nitrogens with zero attached hydrogens (tertiary/aromatic N) is 1. The number of halogens is 2. The van der Waals surface area contributed by atoms with Crippen molar-refractivity contribution in [2.75, 3.05) is 32.7 Å². The van der Waals surface area contributed by atoms with Crippen molar-refractivity contribution in [3.8, 4) is 0 Å². The van der Waals surface area contributed by atoms with Crippen molar-refractivity contribution in [3.63, 3.8) is 0 Å². The lowest BCUT2D eigenvalue weighted by Crippen LogP contribution is -2.39. The Morgan fingerprint density at radius 2 is 1.94 bits per heavy atom. The van der Waals surface area contributed by atoms with Crippen LogP contribution in [0.4, 0.5) is 0 Å². The van der Waals surface area contributed by atoms with Gasteiger partial charge in [-0.3, -0.25) is 4.79 Å². The Balaban J connectivity index is 0. The SMILES string of the molecule is CCCN1CCC(CNC(=O)CCN)CC1.Cl.Cl. The van der Waals surface area contributed by atoms with Crippen molar-refractivity contribution in [2.45, 2.75) is 32.6 Å². The molecule has 6 heteroatoms. The van der Waals surface area contributed by atoms with Crippen molar-refractivity contribution in [2.24, 2.45) is 11.7 Å². The number of carbonyl (C=O) groups excluding carboxylic acids is 1. The quantitative estimate of drug-likeness (QED) is 0.780. The summed E-state index contributed by atoms with van der Waals surface area (Å²) in [6.45, 7) is 7.08. The van der Waals surface area contributed by atoms with Gasteiger partial charge in [0.15, 0.2) is 0 Å². The van der Waals surface area contributed by atoms with Crippen LogP contribution in [-0.4, -0.2) is 43.5 Å². The number of carbonyl (C=O) groups is 1. The van der Waals surface area contributed by atoms with Crippen LogP contribution in [-0.2, 0) is 4.79 Å². The van der Waals surface area contributed by atoms with Gasteiger partial charge in [0.1, 0.15) is 0 Å². The number of piperidine rings is 1. The molecule has 0 aliphatic carbocycles. The van der Waals surface area contributed by atoms with Gasteiger partial charge in [0.05, 0.1) is 0 Å². The Kier molecular flexibility index (Phi) is 13.6. The summed E-state index contributed by atoms with van der Waals surface area (Å²) in [6.07, 6.45) is 4.11. The highest BCUT2D eigenvalue weighted by atomic mass is 35.5. The fourth-order valence-electron chi connectivity index (χ4n) is 2.21. The number of likely N-dealkylation sites (tertiary alicyclic amines) is 1. The molecular weight excluding hydrogens is 273 g/mol. The lowest BCUT2D eigenvalue weighted by atomic mass is 9.96. The summed E-state index contributed by atoms with van der Waals surface area (Å²) < 4.78 is 0. The highest BCUT2D eigenvalue weighted by Crippen LogP contribution is 2.16.